The van der Waals surface area contributed by atoms with Crippen molar-refractivity contribution in [2.75, 3.05) is 13.2 Å². The van der Waals surface area contributed by atoms with E-state index in [9.17, 15) is 4.79 Å². The van der Waals surface area contributed by atoms with Crippen molar-refractivity contribution in [3.8, 4) is 0 Å². The second-order valence-corrected chi connectivity index (χ2v) is 1.34. The third-order valence-corrected chi connectivity index (χ3v) is 0.788. The lowest BCUT2D eigenvalue weighted by Gasteiger charge is -1.75. The van der Waals surface area contributed by atoms with Crippen LogP contribution in [-0.2, 0) is 9.53 Å². The molecule has 0 radical (unpaired) electrons. The highest BCUT2D eigenvalue weighted by molar-refractivity contribution is 5.81. The van der Waals surface area contributed by atoms with Crippen LogP contribution < -0.4 is 0 Å². The minimum atomic E-state index is 0.231. The molecule has 0 aromatic heterocycles. The first kappa shape index (κ1) is 7.63. The molecule has 1 saturated heterocycles. The smallest absolute Gasteiger partial charge is 0.160 e. The fourth-order valence-electron chi connectivity index (χ4n) is 0.444. The normalized spacial score (nSPS) is 17.5. The molecule has 48 valence electrons. The molecule has 0 amide bonds. The van der Waals surface area contributed by atoms with E-state index in [0.717, 1.165) is 0 Å². The van der Waals surface area contributed by atoms with Crippen molar-refractivity contribution in [3.63, 3.8) is 0 Å². The first-order valence-corrected chi connectivity index (χ1v) is 2.99. The number of ketones is 1. The Labute approximate surface area is 49.8 Å². The van der Waals surface area contributed by atoms with Crippen LogP contribution in [0.2, 0.25) is 0 Å². The Balaban J connectivity index is 0.000000222. The van der Waals surface area contributed by atoms with E-state index in [0.29, 0.717) is 19.6 Å². The Morgan fingerprint density at radius 1 is 1.50 bits per heavy atom. The van der Waals surface area contributed by atoms with Crippen molar-refractivity contribution in [3.05, 3.63) is 0 Å². The van der Waals surface area contributed by atoms with Crippen molar-refractivity contribution in [1.29, 1.82) is 0 Å². The van der Waals surface area contributed by atoms with E-state index in [1.165, 1.54) is 0 Å². The van der Waals surface area contributed by atoms with Crippen LogP contribution in [0, 0.1) is 0 Å². The van der Waals surface area contributed by atoms with Crippen LogP contribution in [0.25, 0.3) is 0 Å². The van der Waals surface area contributed by atoms with Gasteiger partial charge in [-0.15, -0.1) is 0 Å². The zero-order valence-electron chi connectivity index (χ0n) is 5.44. The van der Waals surface area contributed by atoms with Crippen LogP contribution >= 0.6 is 0 Å². The van der Waals surface area contributed by atoms with E-state index in [1.54, 1.807) is 0 Å². The quantitative estimate of drug-likeness (QED) is 0.472. The Bertz CT molecular complexity index is 60.9. The fourth-order valence-corrected chi connectivity index (χ4v) is 0.444. The summed E-state index contributed by atoms with van der Waals surface area (Å²) in [6.07, 6.45) is 0.625. The van der Waals surface area contributed by atoms with Gasteiger partial charge in [-0.3, -0.25) is 4.79 Å². The van der Waals surface area contributed by atoms with Gasteiger partial charge in [-0.25, -0.2) is 0 Å². The summed E-state index contributed by atoms with van der Waals surface area (Å²) in [6, 6.07) is 0. The SMILES string of the molecule is CC.O=C1CCOC1. The maximum Gasteiger partial charge on any atom is 0.160 e. The van der Waals surface area contributed by atoms with E-state index >= 15 is 0 Å². The van der Waals surface area contributed by atoms with Gasteiger partial charge < -0.3 is 4.74 Å². The maximum absolute atomic E-state index is 10.1. The Hall–Kier alpha value is -0.370. The summed E-state index contributed by atoms with van der Waals surface area (Å²) in [4.78, 5) is 10.1. The average Bonchev–Trinajstić information content (AvgIpc) is 2.24. The zero-order valence-corrected chi connectivity index (χ0v) is 5.44. The molecule has 0 spiro atoms. The molecule has 0 aliphatic carbocycles. The van der Waals surface area contributed by atoms with Gasteiger partial charge in [0.1, 0.15) is 6.61 Å². The highest BCUT2D eigenvalue weighted by Gasteiger charge is 2.07. The summed E-state index contributed by atoms with van der Waals surface area (Å²) in [5, 5.41) is 0. The van der Waals surface area contributed by atoms with Crippen molar-refractivity contribution in [2.45, 2.75) is 20.3 Å². The van der Waals surface area contributed by atoms with Gasteiger partial charge in [0, 0.05) is 6.42 Å². The second kappa shape index (κ2) is 4.78. The number of hydrogen-bond donors (Lipinski definition) is 0. The molecule has 1 aliphatic rings. The van der Waals surface area contributed by atoms with Crippen molar-refractivity contribution in [1.82, 2.24) is 0 Å². The number of carbonyl (C=O) groups excluding carboxylic acids is 1. The number of Topliss-reactive ketones (excluding diaryl/α,β-unsaturated/α-hetero) is 1. The number of hydrogen-bond acceptors (Lipinski definition) is 2. The van der Waals surface area contributed by atoms with Crippen LogP contribution in [0.5, 0.6) is 0 Å². The Kier molecular flexibility index (Phi) is 4.56. The molecule has 0 unspecified atom stereocenters. The monoisotopic (exact) mass is 116 g/mol. The predicted molar refractivity (Wildman–Crippen MR) is 31.8 cm³/mol. The largest absolute Gasteiger partial charge is 0.373 e. The minimum Gasteiger partial charge on any atom is -0.373 e. The van der Waals surface area contributed by atoms with E-state index in [4.69, 9.17) is 4.74 Å². The molecule has 2 heteroatoms. The Morgan fingerprint density at radius 3 is 2.25 bits per heavy atom. The molecule has 0 atom stereocenters. The summed E-state index contributed by atoms with van der Waals surface area (Å²) in [7, 11) is 0. The molecule has 0 saturated carbocycles. The van der Waals surface area contributed by atoms with Gasteiger partial charge >= 0.3 is 0 Å². The lowest BCUT2D eigenvalue weighted by Crippen LogP contribution is -1.91. The van der Waals surface area contributed by atoms with Crippen molar-refractivity contribution in [2.24, 2.45) is 0 Å². The van der Waals surface area contributed by atoms with Crippen LogP contribution in [0.15, 0.2) is 0 Å². The van der Waals surface area contributed by atoms with Gasteiger partial charge in [-0.1, -0.05) is 13.8 Å². The molecule has 0 N–H and O–H groups in total. The lowest BCUT2D eigenvalue weighted by molar-refractivity contribution is -0.117. The van der Waals surface area contributed by atoms with Crippen molar-refractivity contribution >= 4 is 5.78 Å². The molecule has 0 bridgehead atoms. The molecule has 1 aliphatic heterocycles. The molecular weight excluding hydrogens is 104 g/mol. The summed E-state index contributed by atoms with van der Waals surface area (Å²) in [5.41, 5.74) is 0. The summed E-state index contributed by atoms with van der Waals surface area (Å²) in [6.45, 7) is 4.98. The van der Waals surface area contributed by atoms with Gasteiger partial charge in [0.15, 0.2) is 5.78 Å². The number of ether oxygens (including phenoxy) is 1. The summed E-state index contributed by atoms with van der Waals surface area (Å²) in [5.74, 6) is 0.231. The van der Waals surface area contributed by atoms with Crippen LogP contribution in [-0.4, -0.2) is 19.0 Å². The topological polar surface area (TPSA) is 26.3 Å². The van der Waals surface area contributed by atoms with Gasteiger partial charge in [0.2, 0.25) is 0 Å². The predicted octanol–water partition coefficient (Wildman–Crippen LogP) is 1.00. The zero-order chi connectivity index (χ0) is 6.41. The van der Waals surface area contributed by atoms with E-state index in [-0.39, 0.29) is 5.78 Å². The molecule has 1 rings (SSSR count). The molecule has 1 heterocycles. The molecule has 2 nitrogen and oxygen atoms in total. The molecule has 0 aromatic rings. The lowest BCUT2D eigenvalue weighted by atomic mass is 10.4. The summed E-state index contributed by atoms with van der Waals surface area (Å²) < 4.78 is 4.71. The first-order valence-electron chi connectivity index (χ1n) is 2.99. The van der Waals surface area contributed by atoms with E-state index < -0.39 is 0 Å². The number of rotatable bonds is 0. The summed E-state index contributed by atoms with van der Waals surface area (Å²) >= 11 is 0. The highest BCUT2D eigenvalue weighted by atomic mass is 16.5. The second-order valence-electron chi connectivity index (χ2n) is 1.34. The molecule has 1 fully saturated rings. The van der Waals surface area contributed by atoms with E-state index in [1.807, 2.05) is 13.8 Å². The highest BCUT2D eigenvalue weighted by Crippen LogP contribution is 1.94. The van der Waals surface area contributed by atoms with Crippen LogP contribution in [0.4, 0.5) is 0 Å². The first-order chi connectivity index (χ1) is 3.89. The van der Waals surface area contributed by atoms with E-state index in [2.05, 4.69) is 0 Å². The molecule has 0 aromatic carbocycles. The van der Waals surface area contributed by atoms with Gasteiger partial charge in [-0.2, -0.15) is 0 Å². The Morgan fingerprint density at radius 2 is 2.12 bits per heavy atom. The van der Waals surface area contributed by atoms with Crippen molar-refractivity contribution < 1.29 is 9.53 Å². The standard InChI is InChI=1S/C4H6O2.C2H6/c5-4-1-2-6-3-4;1-2/h1-3H2;1-2H3. The average molecular weight is 116 g/mol. The van der Waals surface area contributed by atoms with Gasteiger partial charge in [-0.05, 0) is 0 Å². The number of carbonyl (C=O) groups is 1. The maximum atomic E-state index is 10.1. The third kappa shape index (κ3) is 2.75. The van der Waals surface area contributed by atoms with Gasteiger partial charge in [0.25, 0.3) is 0 Å². The molecular formula is C6H12O2. The van der Waals surface area contributed by atoms with Crippen LogP contribution in [0.3, 0.4) is 0 Å². The van der Waals surface area contributed by atoms with Gasteiger partial charge in [0.05, 0.1) is 6.61 Å². The minimum absolute atomic E-state index is 0.231. The molecule has 8 heavy (non-hydrogen) atoms. The fraction of sp³-hybridized carbons (Fsp3) is 0.833. The van der Waals surface area contributed by atoms with Crippen LogP contribution in [0.1, 0.15) is 20.3 Å². The third-order valence-electron chi connectivity index (χ3n) is 0.788.